The zero-order valence-corrected chi connectivity index (χ0v) is 19.1. The van der Waals surface area contributed by atoms with Gasteiger partial charge < -0.3 is 25.0 Å². The van der Waals surface area contributed by atoms with E-state index in [1.165, 1.54) is 12.8 Å². The molecular formula is C22H32ClN5O3. The zero-order chi connectivity index (χ0) is 21.1. The van der Waals surface area contributed by atoms with E-state index in [0.29, 0.717) is 29.2 Å². The molecule has 2 aliphatic rings. The van der Waals surface area contributed by atoms with Crippen molar-refractivity contribution in [2.24, 2.45) is 5.92 Å². The quantitative estimate of drug-likeness (QED) is 0.765. The van der Waals surface area contributed by atoms with E-state index in [1.807, 2.05) is 6.07 Å². The summed E-state index contributed by atoms with van der Waals surface area (Å²) in [5.41, 5.74) is 6.95. The van der Waals surface area contributed by atoms with E-state index in [0.717, 1.165) is 62.8 Å². The predicted molar refractivity (Wildman–Crippen MR) is 124 cm³/mol. The maximum absolute atomic E-state index is 12.9. The Morgan fingerprint density at radius 2 is 1.58 bits per heavy atom. The number of benzene rings is 1. The highest BCUT2D eigenvalue weighted by molar-refractivity contribution is 5.91. The molecule has 0 saturated carbocycles. The van der Waals surface area contributed by atoms with Crippen LogP contribution >= 0.6 is 12.4 Å². The molecule has 4 rings (SSSR count). The molecule has 1 aromatic carbocycles. The van der Waals surface area contributed by atoms with Gasteiger partial charge >= 0.3 is 0 Å². The Bertz CT molecular complexity index is 910. The molecule has 0 radical (unpaired) electrons. The normalized spacial score (nSPS) is 17.7. The lowest BCUT2D eigenvalue weighted by molar-refractivity contribution is -0.136. The summed E-state index contributed by atoms with van der Waals surface area (Å²) in [6, 6.07) is 3.63. The Balaban J connectivity index is 0.00000272. The van der Waals surface area contributed by atoms with Crippen LogP contribution in [0.3, 0.4) is 0 Å². The van der Waals surface area contributed by atoms with Gasteiger partial charge in [-0.15, -0.1) is 12.4 Å². The lowest BCUT2D eigenvalue weighted by atomic mass is 9.95. The van der Waals surface area contributed by atoms with Crippen molar-refractivity contribution < 1.29 is 14.3 Å². The minimum atomic E-state index is 0. The zero-order valence-electron chi connectivity index (χ0n) is 18.3. The highest BCUT2D eigenvalue weighted by Crippen LogP contribution is 2.34. The summed E-state index contributed by atoms with van der Waals surface area (Å²) in [5, 5.41) is 0.739. The molecule has 0 aliphatic carbocycles. The summed E-state index contributed by atoms with van der Waals surface area (Å²) in [6.07, 6.45) is 6.37. The number of ether oxygens (including phenoxy) is 2. The number of carbonyl (C=O) groups excluding carboxylic acids is 1. The van der Waals surface area contributed by atoms with Crippen molar-refractivity contribution in [1.82, 2.24) is 14.9 Å². The number of hydrogen-bond acceptors (Lipinski definition) is 7. The van der Waals surface area contributed by atoms with Gasteiger partial charge in [-0.05, 0) is 31.7 Å². The molecule has 3 heterocycles. The van der Waals surface area contributed by atoms with E-state index >= 15 is 0 Å². The fraction of sp³-hybridized carbons (Fsp3) is 0.591. The number of nitrogen functional groups attached to an aromatic ring is 1. The first-order valence-electron chi connectivity index (χ1n) is 10.8. The maximum Gasteiger partial charge on any atom is 0.227 e. The van der Waals surface area contributed by atoms with Crippen LogP contribution in [0, 0.1) is 5.92 Å². The van der Waals surface area contributed by atoms with Crippen LogP contribution in [0.5, 0.6) is 11.5 Å². The molecule has 0 spiro atoms. The number of fused-ring (bicyclic) bond motifs is 1. The SMILES string of the molecule is COc1cc2nc(N3CCC(C(=O)N4CCCCCC4)CC3)nc(N)c2cc1OC.Cl. The molecule has 2 N–H and O–H groups in total. The number of nitrogens with two attached hydrogens (primary N) is 1. The minimum Gasteiger partial charge on any atom is -0.493 e. The lowest BCUT2D eigenvalue weighted by Crippen LogP contribution is -2.43. The summed E-state index contributed by atoms with van der Waals surface area (Å²) in [5.74, 6) is 2.65. The fourth-order valence-corrected chi connectivity index (χ4v) is 4.48. The Hall–Kier alpha value is -2.48. The van der Waals surface area contributed by atoms with Gasteiger partial charge in [0.1, 0.15) is 5.82 Å². The monoisotopic (exact) mass is 449 g/mol. The molecule has 0 bridgehead atoms. The van der Waals surface area contributed by atoms with Gasteiger partial charge in [0, 0.05) is 43.5 Å². The molecule has 31 heavy (non-hydrogen) atoms. The van der Waals surface area contributed by atoms with Crippen LogP contribution in [-0.4, -0.2) is 61.2 Å². The van der Waals surface area contributed by atoms with E-state index in [9.17, 15) is 4.79 Å². The summed E-state index contributed by atoms with van der Waals surface area (Å²) < 4.78 is 10.7. The maximum atomic E-state index is 12.9. The van der Waals surface area contributed by atoms with E-state index in [1.54, 1.807) is 20.3 Å². The highest BCUT2D eigenvalue weighted by Gasteiger charge is 2.30. The smallest absolute Gasteiger partial charge is 0.227 e. The Kier molecular flexibility index (Phi) is 7.64. The number of hydrogen-bond donors (Lipinski definition) is 1. The third kappa shape index (κ3) is 4.89. The fourth-order valence-electron chi connectivity index (χ4n) is 4.48. The van der Waals surface area contributed by atoms with Gasteiger partial charge in [-0.2, -0.15) is 4.98 Å². The molecule has 2 aromatic rings. The standard InChI is InChI=1S/C22H31N5O3.ClH/c1-29-18-13-16-17(14-19(18)30-2)24-22(25-20(16)23)27-11-7-15(8-12-27)21(28)26-9-5-3-4-6-10-26;/h13-15H,3-12H2,1-2H3,(H2,23,24,25);1H. The number of piperidine rings is 1. The Labute approximate surface area is 189 Å². The molecule has 2 fully saturated rings. The summed E-state index contributed by atoms with van der Waals surface area (Å²) in [7, 11) is 3.19. The van der Waals surface area contributed by atoms with E-state index in [4.69, 9.17) is 20.2 Å². The number of anilines is 2. The molecule has 2 aliphatic heterocycles. The molecule has 1 amide bonds. The van der Waals surface area contributed by atoms with Crippen molar-refractivity contribution in [3.8, 4) is 11.5 Å². The van der Waals surface area contributed by atoms with Crippen molar-refractivity contribution in [3.05, 3.63) is 12.1 Å². The number of aromatic nitrogens is 2. The number of carbonyl (C=O) groups is 1. The van der Waals surface area contributed by atoms with Crippen LogP contribution in [-0.2, 0) is 4.79 Å². The number of likely N-dealkylation sites (tertiary alicyclic amines) is 1. The molecule has 170 valence electrons. The average molecular weight is 450 g/mol. The van der Waals surface area contributed by atoms with Crippen LogP contribution in [0.4, 0.5) is 11.8 Å². The van der Waals surface area contributed by atoms with E-state index < -0.39 is 0 Å². The average Bonchev–Trinajstić information content (AvgIpc) is 3.07. The number of rotatable bonds is 4. The number of nitrogens with zero attached hydrogens (tertiary/aromatic N) is 4. The molecule has 0 unspecified atom stereocenters. The van der Waals surface area contributed by atoms with Gasteiger partial charge in [0.25, 0.3) is 0 Å². The first-order valence-corrected chi connectivity index (χ1v) is 10.8. The van der Waals surface area contributed by atoms with Crippen LogP contribution in [0.15, 0.2) is 12.1 Å². The van der Waals surface area contributed by atoms with Gasteiger partial charge in [-0.3, -0.25) is 4.79 Å². The topological polar surface area (TPSA) is 93.8 Å². The highest BCUT2D eigenvalue weighted by atomic mass is 35.5. The second kappa shape index (κ2) is 10.2. The van der Waals surface area contributed by atoms with Crippen LogP contribution in [0.2, 0.25) is 0 Å². The van der Waals surface area contributed by atoms with Crippen LogP contribution in [0.1, 0.15) is 38.5 Å². The second-order valence-electron chi connectivity index (χ2n) is 8.13. The number of halogens is 1. The van der Waals surface area contributed by atoms with Crippen molar-refractivity contribution in [3.63, 3.8) is 0 Å². The Morgan fingerprint density at radius 1 is 0.968 bits per heavy atom. The van der Waals surface area contributed by atoms with Crippen LogP contribution < -0.4 is 20.1 Å². The van der Waals surface area contributed by atoms with E-state index in [-0.39, 0.29) is 18.3 Å². The number of methoxy groups -OCH3 is 2. The summed E-state index contributed by atoms with van der Waals surface area (Å²) in [4.78, 5) is 26.4. The van der Waals surface area contributed by atoms with Crippen molar-refractivity contribution in [2.45, 2.75) is 38.5 Å². The molecule has 8 nitrogen and oxygen atoms in total. The predicted octanol–water partition coefficient (Wildman–Crippen LogP) is 3.27. The third-order valence-corrected chi connectivity index (χ3v) is 6.26. The van der Waals surface area contributed by atoms with E-state index in [2.05, 4.69) is 14.8 Å². The minimum absolute atomic E-state index is 0. The molecule has 2 saturated heterocycles. The van der Waals surface area contributed by atoms with Gasteiger partial charge in [0.2, 0.25) is 11.9 Å². The first-order chi connectivity index (χ1) is 14.6. The van der Waals surface area contributed by atoms with Gasteiger partial charge in [0.15, 0.2) is 11.5 Å². The van der Waals surface area contributed by atoms with Crippen molar-refractivity contribution in [1.29, 1.82) is 0 Å². The van der Waals surface area contributed by atoms with Gasteiger partial charge in [-0.25, -0.2) is 4.98 Å². The first kappa shape index (κ1) is 23.2. The van der Waals surface area contributed by atoms with Crippen molar-refractivity contribution >= 4 is 41.0 Å². The second-order valence-corrected chi connectivity index (χ2v) is 8.13. The van der Waals surface area contributed by atoms with Crippen molar-refractivity contribution in [2.75, 3.05) is 51.0 Å². The molecule has 1 aromatic heterocycles. The lowest BCUT2D eigenvalue weighted by Gasteiger charge is -2.34. The van der Waals surface area contributed by atoms with Crippen LogP contribution in [0.25, 0.3) is 10.9 Å². The molecule has 9 heteroatoms. The molecule has 0 atom stereocenters. The number of amides is 1. The summed E-state index contributed by atoms with van der Waals surface area (Å²) >= 11 is 0. The molecular weight excluding hydrogens is 418 g/mol. The van der Waals surface area contributed by atoms with Gasteiger partial charge in [0.05, 0.1) is 19.7 Å². The van der Waals surface area contributed by atoms with Gasteiger partial charge in [-0.1, -0.05) is 12.8 Å². The largest absolute Gasteiger partial charge is 0.493 e. The third-order valence-electron chi connectivity index (χ3n) is 6.26. The summed E-state index contributed by atoms with van der Waals surface area (Å²) in [6.45, 7) is 3.33. The Morgan fingerprint density at radius 3 is 2.19 bits per heavy atom.